The van der Waals surface area contributed by atoms with Gasteiger partial charge in [0, 0.05) is 14.1 Å². The molecule has 1 aromatic heterocycles. The van der Waals surface area contributed by atoms with E-state index in [1.807, 2.05) is 30.3 Å². The van der Waals surface area contributed by atoms with Gasteiger partial charge >= 0.3 is 12.1 Å². The lowest BCUT2D eigenvalue weighted by Crippen LogP contribution is -2.39. The molecule has 1 aromatic carbocycles. The van der Waals surface area contributed by atoms with Crippen molar-refractivity contribution < 1.29 is 19.4 Å². The summed E-state index contributed by atoms with van der Waals surface area (Å²) in [7, 11) is 3.17. The van der Waals surface area contributed by atoms with Crippen molar-refractivity contribution in [3.63, 3.8) is 0 Å². The molecule has 0 aliphatic rings. The van der Waals surface area contributed by atoms with Crippen LogP contribution in [-0.4, -0.2) is 39.0 Å². The number of aryl methyl sites for hydroxylation is 1. The highest BCUT2D eigenvalue weighted by atomic mass is 16.6. The number of hydrazine groups is 1. The maximum atomic E-state index is 11.9. The molecule has 0 bridgehead atoms. The molecule has 2 aromatic rings. The Morgan fingerprint density at radius 1 is 1.35 bits per heavy atom. The summed E-state index contributed by atoms with van der Waals surface area (Å²) in [5, 5.41) is 13.9. The van der Waals surface area contributed by atoms with Crippen molar-refractivity contribution >= 4 is 12.1 Å². The van der Waals surface area contributed by atoms with E-state index in [2.05, 4.69) is 10.5 Å². The molecule has 1 amide bonds. The van der Waals surface area contributed by atoms with Crippen LogP contribution in [0.25, 0.3) is 0 Å². The largest absolute Gasteiger partial charge is 0.476 e. The highest BCUT2D eigenvalue weighted by Gasteiger charge is 2.14. The molecule has 2 rings (SSSR count). The molecule has 2 N–H and O–H groups in total. The zero-order valence-electron chi connectivity index (χ0n) is 12.9. The number of carbonyl (C=O) groups excluding carboxylic acids is 1. The molecule has 0 atom stereocenters. The normalized spacial score (nSPS) is 10.3. The van der Waals surface area contributed by atoms with Crippen LogP contribution in [-0.2, 0) is 24.9 Å². The zero-order chi connectivity index (χ0) is 16.8. The number of ether oxygens (including phenoxy) is 1. The number of hydrogen-bond acceptors (Lipinski definition) is 5. The third-order valence-electron chi connectivity index (χ3n) is 3.17. The van der Waals surface area contributed by atoms with Gasteiger partial charge in [-0.25, -0.2) is 20.0 Å². The van der Waals surface area contributed by atoms with Crippen molar-refractivity contribution in [1.29, 1.82) is 0 Å². The first-order chi connectivity index (χ1) is 11.0. The van der Waals surface area contributed by atoms with Crippen LogP contribution in [0.5, 0.6) is 0 Å². The molecule has 23 heavy (non-hydrogen) atoms. The average Bonchev–Trinajstić information content (AvgIpc) is 2.92. The van der Waals surface area contributed by atoms with Gasteiger partial charge in [-0.3, -0.25) is 4.68 Å². The van der Waals surface area contributed by atoms with Crippen molar-refractivity contribution in [3.8, 4) is 0 Å². The zero-order valence-corrected chi connectivity index (χ0v) is 12.9. The summed E-state index contributed by atoms with van der Waals surface area (Å²) in [6.45, 7) is 0.425. The lowest BCUT2D eigenvalue weighted by molar-refractivity contribution is 0.0689. The molecule has 0 radical (unpaired) electrons. The van der Waals surface area contributed by atoms with Crippen LogP contribution in [0, 0.1) is 0 Å². The summed E-state index contributed by atoms with van der Waals surface area (Å²) in [4.78, 5) is 22.7. The van der Waals surface area contributed by atoms with Crippen molar-refractivity contribution in [2.24, 2.45) is 7.05 Å². The van der Waals surface area contributed by atoms with E-state index in [-0.39, 0.29) is 18.8 Å². The van der Waals surface area contributed by atoms with Gasteiger partial charge in [0.15, 0.2) is 5.69 Å². The molecule has 0 fully saturated rings. The molecule has 0 aliphatic carbocycles. The quantitative estimate of drug-likeness (QED) is 0.781. The minimum absolute atomic E-state index is 0.0430. The molecule has 0 saturated heterocycles. The Morgan fingerprint density at radius 3 is 2.65 bits per heavy atom. The third kappa shape index (κ3) is 4.55. The molecule has 0 aliphatic heterocycles. The van der Waals surface area contributed by atoms with Crippen molar-refractivity contribution in [3.05, 3.63) is 53.3 Å². The number of amides is 1. The van der Waals surface area contributed by atoms with Crippen molar-refractivity contribution in [2.75, 3.05) is 7.05 Å². The van der Waals surface area contributed by atoms with E-state index < -0.39 is 12.1 Å². The average molecular weight is 318 g/mol. The van der Waals surface area contributed by atoms with Gasteiger partial charge in [-0.1, -0.05) is 30.3 Å². The van der Waals surface area contributed by atoms with Crippen LogP contribution in [0.4, 0.5) is 4.79 Å². The molecular weight excluding hydrogens is 300 g/mol. The molecule has 8 heteroatoms. The van der Waals surface area contributed by atoms with Gasteiger partial charge < -0.3 is 9.84 Å². The van der Waals surface area contributed by atoms with Gasteiger partial charge in [0.05, 0.1) is 12.2 Å². The Morgan fingerprint density at radius 2 is 2.04 bits per heavy atom. The standard InChI is InChI=1S/C15H18N4O4/c1-18-12(8-13(17-18)14(20)21)9-16-19(2)15(22)23-10-11-6-4-3-5-7-11/h3-8,16H,9-10H2,1-2H3,(H,20,21). The van der Waals surface area contributed by atoms with Gasteiger partial charge in [-0.15, -0.1) is 0 Å². The van der Waals surface area contributed by atoms with Gasteiger partial charge in [-0.05, 0) is 11.6 Å². The topological polar surface area (TPSA) is 96.7 Å². The number of aromatic carboxylic acids is 1. The minimum Gasteiger partial charge on any atom is -0.476 e. The van der Waals surface area contributed by atoms with Gasteiger partial charge in [0.2, 0.25) is 0 Å². The molecule has 122 valence electrons. The number of nitrogens with zero attached hydrogens (tertiary/aromatic N) is 3. The fourth-order valence-electron chi connectivity index (χ4n) is 1.86. The van der Waals surface area contributed by atoms with Gasteiger partial charge in [-0.2, -0.15) is 5.10 Å². The number of hydrogen-bond donors (Lipinski definition) is 2. The number of benzene rings is 1. The Bertz CT molecular complexity index is 684. The molecular formula is C15H18N4O4. The predicted octanol–water partition coefficient (Wildman–Crippen LogP) is 1.39. The minimum atomic E-state index is -1.09. The monoisotopic (exact) mass is 318 g/mol. The summed E-state index contributed by atoms with van der Waals surface area (Å²) < 4.78 is 6.60. The van der Waals surface area contributed by atoms with E-state index in [1.54, 1.807) is 7.05 Å². The predicted molar refractivity (Wildman–Crippen MR) is 81.4 cm³/mol. The highest BCUT2D eigenvalue weighted by Crippen LogP contribution is 2.04. The molecule has 1 heterocycles. The number of nitrogens with one attached hydrogen (secondary N) is 1. The van der Waals surface area contributed by atoms with E-state index in [0.29, 0.717) is 5.69 Å². The number of carboxylic acids is 1. The summed E-state index contributed by atoms with van der Waals surface area (Å²) in [5.41, 5.74) is 4.32. The smallest absolute Gasteiger partial charge is 0.424 e. The second-order valence-electron chi connectivity index (χ2n) is 4.88. The van der Waals surface area contributed by atoms with Gasteiger partial charge in [0.1, 0.15) is 6.61 Å². The van der Waals surface area contributed by atoms with E-state index in [9.17, 15) is 9.59 Å². The Hall–Kier alpha value is -2.87. The fourth-order valence-corrected chi connectivity index (χ4v) is 1.86. The van der Waals surface area contributed by atoms with Crippen molar-refractivity contribution in [1.82, 2.24) is 20.2 Å². The maximum absolute atomic E-state index is 11.9. The van der Waals surface area contributed by atoms with Crippen LogP contribution >= 0.6 is 0 Å². The van der Waals surface area contributed by atoms with E-state index in [1.165, 1.54) is 22.8 Å². The lowest BCUT2D eigenvalue weighted by atomic mass is 10.2. The Kier molecular flexibility index (Phi) is 5.32. The first-order valence-electron chi connectivity index (χ1n) is 6.91. The molecule has 0 saturated carbocycles. The van der Waals surface area contributed by atoms with Crippen LogP contribution < -0.4 is 5.43 Å². The lowest BCUT2D eigenvalue weighted by Gasteiger charge is -2.18. The van der Waals surface area contributed by atoms with E-state index in [0.717, 1.165) is 5.56 Å². The van der Waals surface area contributed by atoms with Crippen LogP contribution in [0.3, 0.4) is 0 Å². The molecule has 0 spiro atoms. The SMILES string of the molecule is CN(NCc1cc(C(=O)O)nn1C)C(=O)OCc1ccccc1. The third-order valence-corrected chi connectivity index (χ3v) is 3.17. The Balaban J connectivity index is 1.83. The Labute approximate surface area is 133 Å². The first-order valence-corrected chi connectivity index (χ1v) is 6.91. The summed E-state index contributed by atoms with van der Waals surface area (Å²) in [5.74, 6) is -1.09. The van der Waals surface area contributed by atoms with Crippen LogP contribution in [0.15, 0.2) is 36.4 Å². The van der Waals surface area contributed by atoms with E-state index >= 15 is 0 Å². The van der Waals surface area contributed by atoms with Gasteiger partial charge in [0.25, 0.3) is 0 Å². The number of rotatable bonds is 6. The van der Waals surface area contributed by atoms with Crippen molar-refractivity contribution in [2.45, 2.75) is 13.2 Å². The second-order valence-corrected chi connectivity index (χ2v) is 4.88. The second kappa shape index (κ2) is 7.41. The summed E-state index contributed by atoms with van der Waals surface area (Å²) >= 11 is 0. The van der Waals surface area contributed by atoms with E-state index in [4.69, 9.17) is 9.84 Å². The highest BCUT2D eigenvalue weighted by molar-refractivity contribution is 5.85. The molecule has 0 unspecified atom stereocenters. The first kappa shape index (κ1) is 16.5. The summed E-state index contributed by atoms with van der Waals surface area (Å²) in [6, 6.07) is 10.8. The fraction of sp³-hybridized carbons (Fsp3) is 0.267. The van der Waals surface area contributed by atoms with Crippen LogP contribution in [0.1, 0.15) is 21.7 Å². The number of aromatic nitrogens is 2. The number of carbonyl (C=O) groups is 2. The van der Waals surface area contributed by atoms with Crippen LogP contribution in [0.2, 0.25) is 0 Å². The summed E-state index contributed by atoms with van der Waals surface area (Å²) in [6.07, 6.45) is -0.533. The number of carboxylic acid groups (broad SMARTS) is 1. The maximum Gasteiger partial charge on any atom is 0.424 e. The molecule has 8 nitrogen and oxygen atoms in total.